The van der Waals surface area contributed by atoms with Gasteiger partial charge in [0, 0.05) is 37.1 Å². The fourth-order valence-corrected chi connectivity index (χ4v) is 3.50. The van der Waals surface area contributed by atoms with Gasteiger partial charge >= 0.3 is 6.09 Å². The van der Waals surface area contributed by atoms with Crippen LogP contribution in [0.2, 0.25) is 0 Å². The number of amides is 4. The molecule has 1 fully saturated rings. The number of benzene rings is 1. The standard InChI is InChI=1S/C23H27N3O5/c1-23(2,3)31-22(30)24-12-6-4-5-7-15-8-9-17-16(13-15)14-26(21(17)29)18-10-11-19(27)25-20(18)28/h8-9,13,18H,4,6,10-12,14H2,1-3H3,(H,24,30)(H,25,27,28). The van der Waals surface area contributed by atoms with Crippen LogP contribution in [0.15, 0.2) is 18.2 Å². The minimum atomic E-state index is -0.621. The number of hydrogen-bond acceptors (Lipinski definition) is 5. The van der Waals surface area contributed by atoms with Crippen LogP contribution < -0.4 is 10.6 Å². The number of nitrogens with one attached hydrogen (secondary N) is 2. The molecule has 2 N–H and O–H groups in total. The van der Waals surface area contributed by atoms with Crippen molar-refractivity contribution in [2.24, 2.45) is 0 Å². The molecule has 0 saturated carbocycles. The first-order chi connectivity index (χ1) is 14.6. The summed E-state index contributed by atoms with van der Waals surface area (Å²) in [5, 5.41) is 4.99. The number of hydrogen-bond donors (Lipinski definition) is 2. The van der Waals surface area contributed by atoms with Gasteiger partial charge < -0.3 is 15.0 Å². The summed E-state index contributed by atoms with van der Waals surface area (Å²) in [7, 11) is 0. The van der Waals surface area contributed by atoms with E-state index in [-0.39, 0.29) is 18.2 Å². The van der Waals surface area contributed by atoms with Crippen LogP contribution in [0.25, 0.3) is 0 Å². The molecule has 1 atom stereocenters. The highest BCUT2D eigenvalue weighted by molar-refractivity contribution is 6.05. The van der Waals surface area contributed by atoms with Gasteiger partial charge in [-0.3, -0.25) is 19.7 Å². The van der Waals surface area contributed by atoms with Crippen LogP contribution >= 0.6 is 0 Å². The lowest BCUT2D eigenvalue weighted by atomic mass is 10.0. The highest BCUT2D eigenvalue weighted by atomic mass is 16.6. The first-order valence-corrected chi connectivity index (χ1v) is 10.4. The van der Waals surface area contributed by atoms with Crippen molar-refractivity contribution in [2.45, 2.75) is 64.6 Å². The molecule has 1 unspecified atom stereocenters. The number of carbonyl (C=O) groups is 4. The monoisotopic (exact) mass is 425 g/mol. The maximum absolute atomic E-state index is 12.7. The molecule has 0 radical (unpaired) electrons. The predicted molar refractivity (Wildman–Crippen MR) is 113 cm³/mol. The Kier molecular flexibility index (Phi) is 6.64. The maximum atomic E-state index is 12.7. The van der Waals surface area contributed by atoms with Crippen LogP contribution in [0.1, 0.15) is 67.9 Å². The molecule has 8 nitrogen and oxygen atoms in total. The Bertz CT molecular complexity index is 968. The van der Waals surface area contributed by atoms with Crippen LogP contribution in [-0.4, -0.2) is 46.9 Å². The van der Waals surface area contributed by atoms with Gasteiger partial charge in [-0.15, -0.1) is 0 Å². The molecule has 1 aromatic carbocycles. The van der Waals surface area contributed by atoms with Crippen LogP contribution in [0.5, 0.6) is 0 Å². The number of imide groups is 1. The highest BCUT2D eigenvalue weighted by Gasteiger charge is 2.38. The van der Waals surface area contributed by atoms with Crippen molar-refractivity contribution >= 4 is 23.8 Å². The van der Waals surface area contributed by atoms with Gasteiger partial charge in [-0.05, 0) is 57.4 Å². The fourth-order valence-electron chi connectivity index (χ4n) is 3.50. The van der Waals surface area contributed by atoms with Crippen molar-refractivity contribution in [3.8, 4) is 11.8 Å². The Balaban J connectivity index is 1.51. The van der Waals surface area contributed by atoms with Gasteiger partial charge in [0.15, 0.2) is 0 Å². The van der Waals surface area contributed by atoms with E-state index in [1.165, 1.54) is 4.90 Å². The molecule has 0 bridgehead atoms. The number of nitrogens with zero attached hydrogens (tertiary/aromatic N) is 1. The van der Waals surface area contributed by atoms with E-state index in [0.717, 1.165) is 11.1 Å². The lowest BCUT2D eigenvalue weighted by molar-refractivity contribution is -0.136. The Hall–Kier alpha value is -3.34. The van der Waals surface area contributed by atoms with Crippen molar-refractivity contribution in [1.82, 2.24) is 15.5 Å². The lowest BCUT2D eigenvalue weighted by Crippen LogP contribution is -2.52. The van der Waals surface area contributed by atoms with Crippen LogP contribution in [0.3, 0.4) is 0 Å². The Morgan fingerprint density at radius 3 is 2.77 bits per heavy atom. The van der Waals surface area contributed by atoms with Gasteiger partial charge in [-0.25, -0.2) is 4.79 Å². The van der Waals surface area contributed by atoms with Crippen LogP contribution in [0.4, 0.5) is 4.79 Å². The zero-order chi connectivity index (χ0) is 22.6. The second-order valence-electron chi connectivity index (χ2n) is 8.61. The summed E-state index contributed by atoms with van der Waals surface area (Å²) in [6.07, 6.45) is 1.43. The van der Waals surface area contributed by atoms with E-state index >= 15 is 0 Å². The van der Waals surface area contributed by atoms with E-state index in [2.05, 4.69) is 22.5 Å². The SMILES string of the molecule is CC(C)(C)OC(=O)NCCCC#Cc1ccc2c(c1)CN(C1CCC(=O)NC1=O)C2=O. The largest absolute Gasteiger partial charge is 0.444 e. The Labute approximate surface area is 181 Å². The van der Waals surface area contributed by atoms with E-state index in [1.54, 1.807) is 12.1 Å². The predicted octanol–water partition coefficient (Wildman–Crippen LogP) is 2.10. The molecular weight excluding hydrogens is 398 g/mol. The fraction of sp³-hybridized carbons (Fsp3) is 0.478. The second kappa shape index (κ2) is 9.21. The van der Waals surface area contributed by atoms with Crippen molar-refractivity contribution in [3.63, 3.8) is 0 Å². The number of unbranched alkanes of at least 4 members (excludes halogenated alkanes) is 1. The quantitative estimate of drug-likeness (QED) is 0.437. The van der Waals surface area contributed by atoms with Crippen LogP contribution in [-0.2, 0) is 20.9 Å². The topological polar surface area (TPSA) is 105 Å². The van der Waals surface area contributed by atoms with Crippen molar-refractivity contribution < 1.29 is 23.9 Å². The maximum Gasteiger partial charge on any atom is 0.407 e. The molecule has 3 rings (SSSR count). The van der Waals surface area contributed by atoms with E-state index in [1.807, 2.05) is 26.8 Å². The molecule has 31 heavy (non-hydrogen) atoms. The number of piperidine rings is 1. The average Bonchev–Trinajstić information content (AvgIpc) is 2.99. The number of rotatable bonds is 4. The van der Waals surface area contributed by atoms with Crippen molar-refractivity contribution in [1.29, 1.82) is 0 Å². The summed E-state index contributed by atoms with van der Waals surface area (Å²) in [5.41, 5.74) is 1.66. The molecule has 2 aliphatic heterocycles. The van der Waals surface area contributed by atoms with E-state index in [0.29, 0.717) is 37.9 Å². The summed E-state index contributed by atoms with van der Waals surface area (Å²) in [5.74, 6) is 5.23. The third-order valence-electron chi connectivity index (χ3n) is 4.90. The molecule has 1 aromatic rings. The lowest BCUT2D eigenvalue weighted by Gasteiger charge is -2.29. The Morgan fingerprint density at radius 1 is 1.29 bits per heavy atom. The molecular formula is C23H27N3O5. The summed E-state index contributed by atoms with van der Waals surface area (Å²) in [4.78, 5) is 49.3. The molecule has 4 amide bonds. The smallest absolute Gasteiger partial charge is 0.407 e. The number of ether oxygens (including phenoxy) is 1. The number of alkyl carbamates (subject to hydrolysis) is 1. The molecule has 0 aliphatic carbocycles. The third-order valence-corrected chi connectivity index (χ3v) is 4.90. The Morgan fingerprint density at radius 2 is 2.06 bits per heavy atom. The highest BCUT2D eigenvalue weighted by Crippen LogP contribution is 2.28. The first kappa shape index (κ1) is 22.3. The van der Waals surface area contributed by atoms with Crippen LogP contribution in [0, 0.1) is 11.8 Å². The summed E-state index contributed by atoms with van der Waals surface area (Å²) < 4.78 is 5.17. The summed E-state index contributed by atoms with van der Waals surface area (Å²) >= 11 is 0. The molecule has 2 aliphatic rings. The molecule has 164 valence electrons. The van der Waals surface area contributed by atoms with Gasteiger partial charge in [0.25, 0.3) is 5.91 Å². The second-order valence-corrected chi connectivity index (χ2v) is 8.61. The number of fused-ring (bicyclic) bond motifs is 1. The number of carbonyl (C=O) groups excluding carboxylic acids is 4. The van der Waals surface area contributed by atoms with Gasteiger partial charge in [0.05, 0.1) is 0 Å². The van der Waals surface area contributed by atoms with E-state index in [4.69, 9.17) is 4.74 Å². The zero-order valence-electron chi connectivity index (χ0n) is 18.0. The third kappa shape index (κ3) is 5.85. The van der Waals surface area contributed by atoms with Crippen molar-refractivity contribution in [3.05, 3.63) is 34.9 Å². The molecule has 0 aromatic heterocycles. The normalized spacial score (nSPS) is 18.1. The van der Waals surface area contributed by atoms with Gasteiger partial charge in [0.2, 0.25) is 11.8 Å². The van der Waals surface area contributed by atoms with Gasteiger partial charge in [-0.2, -0.15) is 0 Å². The average molecular weight is 425 g/mol. The minimum Gasteiger partial charge on any atom is -0.444 e. The molecule has 1 saturated heterocycles. The minimum absolute atomic E-state index is 0.197. The summed E-state index contributed by atoms with van der Waals surface area (Å²) in [6.45, 7) is 6.24. The summed E-state index contributed by atoms with van der Waals surface area (Å²) in [6, 6.07) is 4.77. The molecule has 0 spiro atoms. The van der Waals surface area contributed by atoms with E-state index < -0.39 is 23.6 Å². The molecule has 8 heteroatoms. The van der Waals surface area contributed by atoms with Gasteiger partial charge in [-0.1, -0.05) is 11.8 Å². The zero-order valence-corrected chi connectivity index (χ0v) is 18.0. The van der Waals surface area contributed by atoms with Gasteiger partial charge in [0.1, 0.15) is 11.6 Å². The first-order valence-electron chi connectivity index (χ1n) is 10.4. The van der Waals surface area contributed by atoms with Crippen molar-refractivity contribution in [2.75, 3.05) is 6.54 Å². The molecule has 2 heterocycles. The van der Waals surface area contributed by atoms with E-state index in [9.17, 15) is 19.2 Å².